The molecule has 3 N–H and O–H groups in total. The summed E-state index contributed by atoms with van der Waals surface area (Å²) in [6.45, 7) is 8.22. The first-order chi connectivity index (χ1) is 7.06. The van der Waals surface area contributed by atoms with Gasteiger partial charge in [0.15, 0.2) is 0 Å². The molecule has 0 fully saturated rings. The van der Waals surface area contributed by atoms with E-state index in [1.54, 1.807) is 0 Å². The topological polar surface area (TPSA) is 60.1 Å². The summed E-state index contributed by atoms with van der Waals surface area (Å²) in [5, 5.41) is 3.02. The molecule has 15 heavy (non-hydrogen) atoms. The van der Waals surface area contributed by atoms with Gasteiger partial charge in [-0.25, -0.2) is 0 Å². The SMILES string of the molecule is CCn1c(C)cc(CNCC(N)=O)c1C. The van der Waals surface area contributed by atoms with Crippen molar-refractivity contribution in [2.45, 2.75) is 33.9 Å². The average Bonchev–Trinajstić information content (AvgIpc) is 2.41. The largest absolute Gasteiger partial charge is 0.369 e. The zero-order valence-corrected chi connectivity index (χ0v) is 9.63. The van der Waals surface area contributed by atoms with Crippen LogP contribution in [0.5, 0.6) is 0 Å². The summed E-state index contributed by atoms with van der Waals surface area (Å²) in [4.78, 5) is 10.6. The zero-order chi connectivity index (χ0) is 11.4. The Bertz CT molecular complexity index is 355. The number of rotatable bonds is 5. The van der Waals surface area contributed by atoms with Crippen molar-refractivity contribution >= 4 is 5.91 Å². The van der Waals surface area contributed by atoms with E-state index in [-0.39, 0.29) is 12.5 Å². The Balaban J connectivity index is 2.65. The van der Waals surface area contributed by atoms with Gasteiger partial charge in [-0.15, -0.1) is 0 Å². The van der Waals surface area contributed by atoms with Crippen molar-refractivity contribution in [3.63, 3.8) is 0 Å². The van der Waals surface area contributed by atoms with Crippen molar-refractivity contribution in [1.82, 2.24) is 9.88 Å². The summed E-state index contributed by atoms with van der Waals surface area (Å²) in [5.41, 5.74) is 8.79. The molecule has 1 aromatic rings. The number of hydrogen-bond acceptors (Lipinski definition) is 2. The molecule has 0 aromatic carbocycles. The Morgan fingerprint density at radius 2 is 2.20 bits per heavy atom. The van der Waals surface area contributed by atoms with E-state index in [0.717, 1.165) is 6.54 Å². The fourth-order valence-corrected chi connectivity index (χ4v) is 1.86. The third-order valence-corrected chi connectivity index (χ3v) is 2.61. The quantitative estimate of drug-likeness (QED) is 0.750. The van der Waals surface area contributed by atoms with Gasteiger partial charge in [-0.2, -0.15) is 0 Å². The van der Waals surface area contributed by atoms with Crippen LogP contribution in [0.15, 0.2) is 6.07 Å². The maximum atomic E-state index is 10.6. The van der Waals surface area contributed by atoms with Crippen LogP contribution in [0.3, 0.4) is 0 Å². The zero-order valence-electron chi connectivity index (χ0n) is 9.63. The highest BCUT2D eigenvalue weighted by Crippen LogP contribution is 2.14. The first-order valence-electron chi connectivity index (χ1n) is 5.20. The molecule has 0 aliphatic heterocycles. The van der Waals surface area contributed by atoms with Gasteiger partial charge in [-0.1, -0.05) is 0 Å². The molecule has 4 heteroatoms. The van der Waals surface area contributed by atoms with Crippen molar-refractivity contribution in [2.75, 3.05) is 6.54 Å². The van der Waals surface area contributed by atoms with Gasteiger partial charge in [-0.3, -0.25) is 4.79 Å². The molecule has 1 rings (SSSR count). The fraction of sp³-hybridized carbons (Fsp3) is 0.545. The molecule has 1 heterocycles. The minimum Gasteiger partial charge on any atom is -0.369 e. The summed E-state index contributed by atoms with van der Waals surface area (Å²) in [6, 6.07) is 2.15. The lowest BCUT2D eigenvalue weighted by atomic mass is 10.2. The van der Waals surface area contributed by atoms with Crippen LogP contribution < -0.4 is 11.1 Å². The monoisotopic (exact) mass is 209 g/mol. The normalized spacial score (nSPS) is 10.6. The molecule has 0 saturated heterocycles. The molecule has 0 unspecified atom stereocenters. The van der Waals surface area contributed by atoms with Gasteiger partial charge in [0.2, 0.25) is 5.91 Å². The second-order valence-electron chi connectivity index (χ2n) is 3.71. The molecule has 4 nitrogen and oxygen atoms in total. The van der Waals surface area contributed by atoms with Crippen LogP contribution in [0.25, 0.3) is 0 Å². The third-order valence-electron chi connectivity index (χ3n) is 2.61. The Kier molecular flexibility index (Phi) is 3.91. The van der Waals surface area contributed by atoms with Crippen LogP contribution in [0, 0.1) is 13.8 Å². The molecule has 0 saturated carbocycles. The van der Waals surface area contributed by atoms with Crippen molar-refractivity contribution < 1.29 is 4.79 Å². The molecule has 0 spiro atoms. The smallest absolute Gasteiger partial charge is 0.231 e. The number of amides is 1. The lowest BCUT2D eigenvalue weighted by Crippen LogP contribution is -2.28. The van der Waals surface area contributed by atoms with Crippen LogP contribution in [0.2, 0.25) is 0 Å². The molecular weight excluding hydrogens is 190 g/mol. The molecule has 0 aliphatic carbocycles. The van der Waals surface area contributed by atoms with Crippen molar-refractivity contribution in [3.8, 4) is 0 Å². The van der Waals surface area contributed by atoms with Gasteiger partial charge in [0.05, 0.1) is 6.54 Å². The Hall–Kier alpha value is -1.29. The summed E-state index contributed by atoms with van der Waals surface area (Å²) in [6.07, 6.45) is 0. The van der Waals surface area contributed by atoms with Crippen LogP contribution in [0.4, 0.5) is 0 Å². The Labute approximate surface area is 90.5 Å². The molecule has 0 bridgehead atoms. The number of nitrogens with one attached hydrogen (secondary N) is 1. The molecule has 0 aliphatic rings. The number of nitrogens with zero attached hydrogens (tertiary/aromatic N) is 1. The van der Waals surface area contributed by atoms with E-state index in [1.807, 2.05) is 0 Å². The number of primary amides is 1. The van der Waals surface area contributed by atoms with Gasteiger partial charge in [0.1, 0.15) is 0 Å². The van der Waals surface area contributed by atoms with Gasteiger partial charge in [-0.05, 0) is 32.4 Å². The first kappa shape index (κ1) is 11.8. The average molecular weight is 209 g/mol. The lowest BCUT2D eigenvalue weighted by Gasteiger charge is -2.06. The number of aryl methyl sites for hydroxylation is 1. The van der Waals surface area contributed by atoms with Crippen LogP contribution >= 0.6 is 0 Å². The van der Waals surface area contributed by atoms with E-state index in [4.69, 9.17) is 5.73 Å². The lowest BCUT2D eigenvalue weighted by molar-refractivity contribution is -0.117. The van der Waals surface area contributed by atoms with Crippen molar-refractivity contribution in [2.24, 2.45) is 5.73 Å². The minimum absolute atomic E-state index is 0.232. The molecular formula is C11H19N3O. The summed E-state index contributed by atoms with van der Waals surface area (Å²) < 4.78 is 2.25. The number of hydrogen-bond donors (Lipinski definition) is 2. The minimum atomic E-state index is -0.320. The molecule has 1 aromatic heterocycles. The summed E-state index contributed by atoms with van der Waals surface area (Å²) in [7, 11) is 0. The van der Waals surface area contributed by atoms with E-state index in [9.17, 15) is 4.79 Å². The number of carbonyl (C=O) groups excluding carboxylic acids is 1. The number of nitrogens with two attached hydrogens (primary N) is 1. The molecule has 0 atom stereocenters. The van der Waals surface area contributed by atoms with Gasteiger partial charge in [0, 0.05) is 24.5 Å². The highest BCUT2D eigenvalue weighted by Gasteiger charge is 2.07. The van der Waals surface area contributed by atoms with Gasteiger partial charge >= 0.3 is 0 Å². The first-order valence-corrected chi connectivity index (χ1v) is 5.20. The molecule has 1 amide bonds. The molecule has 84 valence electrons. The van der Waals surface area contributed by atoms with Crippen LogP contribution in [-0.2, 0) is 17.9 Å². The van der Waals surface area contributed by atoms with Crippen LogP contribution in [0.1, 0.15) is 23.9 Å². The Morgan fingerprint density at radius 1 is 1.53 bits per heavy atom. The summed E-state index contributed by atoms with van der Waals surface area (Å²) in [5.74, 6) is -0.320. The maximum Gasteiger partial charge on any atom is 0.231 e. The van der Waals surface area contributed by atoms with E-state index >= 15 is 0 Å². The van der Waals surface area contributed by atoms with Gasteiger partial charge in [0.25, 0.3) is 0 Å². The maximum absolute atomic E-state index is 10.6. The Morgan fingerprint density at radius 3 is 2.67 bits per heavy atom. The fourth-order valence-electron chi connectivity index (χ4n) is 1.86. The van der Waals surface area contributed by atoms with Crippen LogP contribution in [-0.4, -0.2) is 17.0 Å². The highest BCUT2D eigenvalue weighted by atomic mass is 16.1. The van der Waals surface area contributed by atoms with E-state index in [0.29, 0.717) is 6.54 Å². The predicted octanol–water partition coefficient (Wildman–Crippen LogP) is 0.700. The standard InChI is InChI=1S/C11H19N3O/c1-4-14-8(2)5-10(9(14)3)6-13-7-11(12)15/h5,13H,4,6-7H2,1-3H3,(H2,12,15). The molecule has 0 radical (unpaired) electrons. The van der Waals surface area contributed by atoms with E-state index in [2.05, 4.69) is 36.7 Å². The van der Waals surface area contributed by atoms with Gasteiger partial charge < -0.3 is 15.6 Å². The second kappa shape index (κ2) is 4.98. The third kappa shape index (κ3) is 2.83. The predicted molar refractivity (Wildman–Crippen MR) is 60.5 cm³/mol. The van der Waals surface area contributed by atoms with Crippen molar-refractivity contribution in [3.05, 3.63) is 23.0 Å². The summed E-state index contributed by atoms with van der Waals surface area (Å²) >= 11 is 0. The van der Waals surface area contributed by atoms with E-state index < -0.39 is 0 Å². The number of aromatic nitrogens is 1. The second-order valence-corrected chi connectivity index (χ2v) is 3.71. The van der Waals surface area contributed by atoms with Crippen molar-refractivity contribution in [1.29, 1.82) is 0 Å². The van der Waals surface area contributed by atoms with E-state index in [1.165, 1.54) is 17.0 Å². The number of carbonyl (C=O) groups is 1. The highest BCUT2D eigenvalue weighted by molar-refractivity contribution is 5.75.